The molecule has 0 aliphatic rings. The number of benzene rings is 2. The van der Waals surface area contributed by atoms with Gasteiger partial charge in [-0.05, 0) is 48.5 Å². The van der Waals surface area contributed by atoms with Gasteiger partial charge in [-0.25, -0.2) is 8.78 Å². The first-order valence-electron chi connectivity index (χ1n) is 7.66. The third-order valence-corrected chi connectivity index (χ3v) is 5.07. The number of rotatable bonds is 4. The van der Waals surface area contributed by atoms with Crippen LogP contribution >= 0.6 is 23.4 Å². The van der Waals surface area contributed by atoms with Crippen molar-refractivity contribution >= 4 is 29.0 Å². The fraction of sp³-hybridized carbons (Fsp3) is 0.0556. The van der Waals surface area contributed by atoms with E-state index in [1.165, 1.54) is 30.0 Å². The Hall–Kier alpha value is -2.51. The highest BCUT2D eigenvalue weighted by molar-refractivity contribution is 7.98. The molecule has 0 fully saturated rings. The van der Waals surface area contributed by atoms with Gasteiger partial charge in [0.25, 0.3) is 0 Å². The van der Waals surface area contributed by atoms with Crippen LogP contribution in [0.2, 0.25) is 5.02 Å². The van der Waals surface area contributed by atoms with E-state index < -0.39 is 0 Å². The molecule has 0 amide bonds. The summed E-state index contributed by atoms with van der Waals surface area (Å²) < 4.78 is 28.6. The van der Waals surface area contributed by atoms with Crippen molar-refractivity contribution < 1.29 is 8.78 Å². The third kappa shape index (κ3) is 3.27. The minimum Gasteiger partial charge on any atom is -0.207 e. The molecule has 8 heteroatoms. The maximum atomic E-state index is 13.9. The predicted octanol–water partition coefficient (Wildman–Crippen LogP) is 5.02. The van der Waals surface area contributed by atoms with Gasteiger partial charge in [-0.1, -0.05) is 29.4 Å². The molecule has 0 spiro atoms. The van der Waals surface area contributed by atoms with E-state index in [0.717, 1.165) is 0 Å². The summed E-state index contributed by atoms with van der Waals surface area (Å²) in [5.74, 6) is 0.181. The Labute approximate surface area is 156 Å². The Balaban J connectivity index is 1.65. The molecule has 2 aromatic heterocycles. The van der Waals surface area contributed by atoms with E-state index in [1.807, 2.05) is 0 Å². The molecule has 0 aliphatic carbocycles. The molecule has 0 saturated heterocycles. The number of halogens is 3. The Morgan fingerprint density at radius 1 is 0.962 bits per heavy atom. The van der Waals surface area contributed by atoms with Crippen LogP contribution in [0, 0.1) is 11.6 Å². The number of nitrogens with zero attached hydrogens (tertiary/aromatic N) is 4. The van der Waals surface area contributed by atoms with Crippen LogP contribution < -0.4 is 0 Å². The fourth-order valence-corrected chi connectivity index (χ4v) is 3.64. The van der Waals surface area contributed by atoms with Crippen LogP contribution in [0.3, 0.4) is 0 Å². The second kappa shape index (κ2) is 7.01. The molecular weight excluding hydrogens is 378 g/mol. The monoisotopic (exact) mass is 388 g/mol. The van der Waals surface area contributed by atoms with Gasteiger partial charge in [0, 0.05) is 21.9 Å². The van der Waals surface area contributed by atoms with Crippen molar-refractivity contribution in [3.05, 3.63) is 76.8 Å². The van der Waals surface area contributed by atoms with E-state index in [9.17, 15) is 8.78 Å². The zero-order chi connectivity index (χ0) is 18.1. The van der Waals surface area contributed by atoms with Crippen LogP contribution in [0.4, 0.5) is 8.78 Å². The highest BCUT2D eigenvalue weighted by Crippen LogP contribution is 2.28. The van der Waals surface area contributed by atoms with Crippen molar-refractivity contribution in [2.45, 2.75) is 10.8 Å². The van der Waals surface area contributed by atoms with E-state index in [4.69, 9.17) is 11.6 Å². The molecule has 0 unspecified atom stereocenters. The van der Waals surface area contributed by atoms with Crippen molar-refractivity contribution in [2.24, 2.45) is 0 Å². The largest absolute Gasteiger partial charge is 0.207 e. The lowest BCUT2D eigenvalue weighted by atomic mass is 10.2. The fourth-order valence-electron chi connectivity index (χ4n) is 2.44. The smallest absolute Gasteiger partial charge is 0.185 e. The lowest BCUT2D eigenvalue weighted by molar-refractivity contribution is 0.617. The number of aromatic nitrogens is 4. The summed E-state index contributed by atoms with van der Waals surface area (Å²) in [5, 5.41) is 13.7. The second-order valence-corrected chi connectivity index (χ2v) is 6.86. The predicted molar refractivity (Wildman–Crippen MR) is 97.1 cm³/mol. The summed E-state index contributed by atoms with van der Waals surface area (Å²) in [6, 6.07) is 14.1. The lowest BCUT2D eigenvalue weighted by Crippen LogP contribution is -1.97. The molecule has 4 rings (SSSR count). The van der Waals surface area contributed by atoms with Crippen molar-refractivity contribution in [1.82, 2.24) is 19.8 Å². The quantitative estimate of drug-likeness (QED) is 0.461. The standard InChI is InChI=1S/C18H11ClF2N4S/c19-14-2-1-3-15(21)13(14)10-26-17-9-8-16-22-23-18(25(16)24-17)11-4-6-12(20)7-5-11/h1-9H,10H2. The van der Waals surface area contributed by atoms with Crippen molar-refractivity contribution in [2.75, 3.05) is 0 Å². The van der Waals surface area contributed by atoms with E-state index in [0.29, 0.717) is 38.4 Å². The zero-order valence-corrected chi connectivity index (χ0v) is 14.8. The molecular formula is C18H11ClF2N4S. The Kier molecular flexibility index (Phi) is 4.57. The average Bonchev–Trinajstić information content (AvgIpc) is 3.05. The van der Waals surface area contributed by atoms with Gasteiger partial charge in [-0.15, -0.1) is 10.2 Å². The van der Waals surface area contributed by atoms with Gasteiger partial charge in [-0.2, -0.15) is 9.61 Å². The molecule has 2 aromatic carbocycles. The number of fused-ring (bicyclic) bond motifs is 1. The molecule has 4 nitrogen and oxygen atoms in total. The number of thioether (sulfide) groups is 1. The molecule has 0 saturated carbocycles. The van der Waals surface area contributed by atoms with E-state index in [-0.39, 0.29) is 11.6 Å². The maximum Gasteiger partial charge on any atom is 0.185 e. The summed E-state index contributed by atoms with van der Waals surface area (Å²) in [7, 11) is 0. The van der Waals surface area contributed by atoms with E-state index >= 15 is 0 Å². The van der Waals surface area contributed by atoms with Gasteiger partial charge in [0.1, 0.15) is 16.7 Å². The summed E-state index contributed by atoms with van der Waals surface area (Å²) in [4.78, 5) is 0. The Bertz CT molecular complexity index is 1060. The third-order valence-electron chi connectivity index (χ3n) is 3.77. The van der Waals surface area contributed by atoms with Crippen LogP contribution in [0.5, 0.6) is 0 Å². The first-order chi connectivity index (χ1) is 12.6. The first kappa shape index (κ1) is 16.9. The van der Waals surface area contributed by atoms with Crippen LogP contribution in [-0.2, 0) is 5.75 Å². The SMILES string of the molecule is Fc1ccc(-c2nnc3ccc(SCc4c(F)cccc4Cl)nn23)cc1. The van der Waals surface area contributed by atoms with E-state index in [2.05, 4.69) is 15.3 Å². The molecule has 130 valence electrons. The molecule has 0 radical (unpaired) electrons. The van der Waals surface area contributed by atoms with Gasteiger partial charge in [-0.3, -0.25) is 0 Å². The summed E-state index contributed by atoms with van der Waals surface area (Å²) in [6.45, 7) is 0. The molecule has 4 aromatic rings. The molecule has 0 aliphatic heterocycles. The molecule has 26 heavy (non-hydrogen) atoms. The van der Waals surface area contributed by atoms with Gasteiger partial charge < -0.3 is 0 Å². The Morgan fingerprint density at radius 2 is 1.77 bits per heavy atom. The summed E-state index contributed by atoms with van der Waals surface area (Å²) in [5.41, 5.74) is 1.70. The van der Waals surface area contributed by atoms with Crippen LogP contribution in [0.25, 0.3) is 17.0 Å². The molecule has 0 atom stereocenters. The number of hydrogen-bond acceptors (Lipinski definition) is 4. The van der Waals surface area contributed by atoms with Crippen LogP contribution in [0.1, 0.15) is 5.56 Å². The van der Waals surface area contributed by atoms with Gasteiger partial charge in [0.2, 0.25) is 0 Å². The van der Waals surface area contributed by atoms with Crippen LogP contribution in [-0.4, -0.2) is 19.8 Å². The molecule has 0 bridgehead atoms. The van der Waals surface area contributed by atoms with Gasteiger partial charge >= 0.3 is 0 Å². The van der Waals surface area contributed by atoms with Crippen molar-refractivity contribution in [1.29, 1.82) is 0 Å². The zero-order valence-electron chi connectivity index (χ0n) is 13.2. The van der Waals surface area contributed by atoms with Gasteiger partial charge in [0.15, 0.2) is 11.5 Å². The minimum atomic E-state index is -0.345. The number of hydrogen-bond donors (Lipinski definition) is 0. The molecule has 0 N–H and O–H groups in total. The highest BCUT2D eigenvalue weighted by Gasteiger charge is 2.12. The topological polar surface area (TPSA) is 43.1 Å². The molecule has 2 heterocycles. The van der Waals surface area contributed by atoms with E-state index in [1.54, 1.807) is 40.9 Å². The first-order valence-corrected chi connectivity index (χ1v) is 9.02. The van der Waals surface area contributed by atoms with Gasteiger partial charge in [0.05, 0.1) is 0 Å². The minimum absolute atomic E-state index is 0.325. The van der Waals surface area contributed by atoms with Crippen molar-refractivity contribution in [3.8, 4) is 11.4 Å². The Morgan fingerprint density at radius 3 is 2.54 bits per heavy atom. The normalized spacial score (nSPS) is 11.2. The average molecular weight is 389 g/mol. The second-order valence-electron chi connectivity index (χ2n) is 5.46. The lowest BCUT2D eigenvalue weighted by Gasteiger charge is -2.06. The van der Waals surface area contributed by atoms with Crippen LogP contribution in [0.15, 0.2) is 59.6 Å². The van der Waals surface area contributed by atoms with Crippen molar-refractivity contribution in [3.63, 3.8) is 0 Å². The summed E-state index contributed by atoms with van der Waals surface area (Å²) in [6.07, 6.45) is 0. The maximum absolute atomic E-state index is 13.9. The highest BCUT2D eigenvalue weighted by atomic mass is 35.5. The summed E-state index contributed by atoms with van der Waals surface area (Å²) >= 11 is 7.42.